The number of carbonyl (C=O) groups excluding carboxylic acids is 1. The summed E-state index contributed by atoms with van der Waals surface area (Å²) in [7, 11) is 1.50. The van der Waals surface area contributed by atoms with Crippen molar-refractivity contribution in [3.63, 3.8) is 0 Å². The zero-order valence-corrected chi connectivity index (χ0v) is 15.8. The molecule has 0 amide bonds. The minimum absolute atomic E-state index is 0.217. The predicted octanol–water partition coefficient (Wildman–Crippen LogP) is -0.590. The Morgan fingerprint density at radius 3 is 1.95 bits per heavy atom. The van der Waals surface area contributed by atoms with Gasteiger partial charge in [-0.25, -0.2) is 9.80 Å². The van der Waals surface area contributed by atoms with Crippen LogP contribution in [0.25, 0.3) is 0 Å². The number of hydrazine groups is 1. The summed E-state index contributed by atoms with van der Waals surface area (Å²) < 4.78 is 4.67. The number of halogens is 1. The molecule has 0 aromatic heterocycles. The first-order valence-electron chi connectivity index (χ1n) is 7.65. The van der Waals surface area contributed by atoms with Crippen LogP contribution in [0.2, 0.25) is 0 Å². The minimum atomic E-state index is -0.217. The number of unbranched alkanes of at least 4 members (excludes halogenated alkanes) is 1. The van der Waals surface area contributed by atoms with Crippen molar-refractivity contribution in [3.8, 4) is 0 Å². The summed E-state index contributed by atoms with van der Waals surface area (Å²) in [4.78, 5) is 13.4. The summed E-state index contributed by atoms with van der Waals surface area (Å²) >= 11 is 1.62. The summed E-state index contributed by atoms with van der Waals surface area (Å²) in [6.07, 6.45) is 3.80. The van der Waals surface area contributed by atoms with Gasteiger partial charge in [-0.1, -0.05) is 0 Å². The summed E-state index contributed by atoms with van der Waals surface area (Å²) in [5, 5.41) is 1.80. The zero-order valence-electron chi connectivity index (χ0n) is 13.7. The van der Waals surface area contributed by atoms with Gasteiger partial charge in [0.1, 0.15) is 0 Å². The highest BCUT2D eigenvalue weighted by molar-refractivity contribution is 14.1. The van der Waals surface area contributed by atoms with Crippen LogP contribution in [0.4, 0.5) is 0 Å². The van der Waals surface area contributed by atoms with E-state index in [0.29, 0.717) is 19.6 Å². The molecule has 8 nitrogen and oxygen atoms in total. The smallest absolute Gasteiger partial charge is 0.329 e. The highest BCUT2D eigenvalue weighted by Crippen LogP contribution is 2.00. The Labute approximate surface area is 148 Å². The third-order valence-corrected chi connectivity index (χ3v) is 3.43. The van der Waals surface area contributed by atoms with Crippen LogP contribution in [-0.4, -0.2) is 68.7 Å². The summed E-state index contributed by atoms with van der Waals surface area (Å²) in [5.41, 5.74) is 15.4. The molecule has 0 unspecified atom stereocenters. The van der Waals surface area contributed by atoms with E-state index in [1.807, 2.05) is 0 Å². The second-order valence-electron chi connectivity index (χ2n) is 4.75. The van der Waals surface area contributed by atoms with E-state index < -0.39 is 0 Å². The van der Waals surface area contributed by atoms with Gasteiger partial charge in [0, 0.05) is 13.1 Å². The van der Waals surface area contributed by atoms with Crippen molar-refractivity contribution in [1.82, 2.24) is 9.91 Å². The fourth-order valence-corrected chi connectivity index (χ4v) is 1.99. The van der Waals surface area contributed by atoms with E-state index in [1.54, 1.807) is 28.0 Å². The van der Waals surface area contributed by atoms with Gasteiger partial charge in [-0.2, -0.15) is 0 Å². The standard InChI is InChI=1S/C12H28IN5O2.CH5N/c13-20-12(19)11-17(8-3-5-14)7-1-2-9-18(16)10-4-6-15;1-2/h1-11,14-16H2;2H2,1H3. The van der Waals surface area contributed by atoms with E-state index in [4.69, 9.17) is 17.3 Å². The Kier molecular flexibility index (Phi) is 20.9. The third-order valence-electron chi connectivity index (χ3n) is 2.94. The van der Waals surface area contributed by atoms with Crippen LogP contribution in [0.3, 0.4) is 0 Å². The van der Waals surface area contributed by atoms with Crippen LogP contribution in [0.5, 0.6) is 0 Å². The van der Waals surface area contributed by atoms with Crippen LogP contribution in [0, 0.1) is 0 Å². The van der Waals surface area contributed by atoms with Gasteiger partial charge in [0.25, 0.3) is 0 Å². The molecule has 0 aliphatic heterocycles. The summed E-state index contributed by atoms with van der Waals surface area (Å²) in [6, 6.07) is 0. The van der Waals surface area contributed by atoms with Crippen molar-refractivity contribution in [1.29, 1.82) is 0 Å². The molecular weight excluding hydrogens is 399 g/mol. The Bertz CT molecular complexity index is 249. The van der Waals surface area contributed by atoms with Gasteiger partial charge in [0.15, 0.2) is 23.0 Å². The van der Waals surface area contributed by atoms with Crippen molar-refractivity contribution >= 4 is 29.0 Å². The van der Waals surface area contributed by atoms with Crippen LogP contribution in [0.15, 0.2) is 0 Å². The predicted molar refractivity (Wildman–Crippen MR) is 99.0 cm³/mol. The summed E-state index contributed by atoms with van der Waals surface area (Å²) in [5.74, 6) is 5.61. The second kappa shape index (κ2) is 19.0. The maximum Gasteiger partial charge on any atom is 0.329 e. The lowest BCUT2D eigenvalue weighted by Gasteiger charge is -2.21. The number of carbonyl (C=O) groups is 1. The SMILES string of the molecule is CN.NCCCN(N)CCCCN(CCCN)CC(=O)OI. The van der Waals surface area contributed by atoms with Gasteiger partial charge in [0.2, 0.25) is 0 Å². The van der Waals surface area contributed by atoms with Gasteiger partial charge >= 0.3 is 5.97 Å². The lowest BCUT2D eigenvalue weighted by Crippen LogP contribution is -2.35. The van der Waals surface area contributed by atoms with Crippen LogP contribution >= 0.6 is 23.0 Å². The van der Waals surface area contributed by atoms with E-state index in [9.17, 15) is 4.79 Å². The molecule has 0 rings (SSSR count). The normalized spacial score (nSPS) is 10.5. The number of nitrogens with zero attached hydrogens (tertiary/aromatic N) is 2. The van der Waals surface area contributed by atoms with Crippen LogP contribution in [-0.2, 0) is 7.86 Å². The molecular formula is C13H33IN6O2. The van der Waals surface area contributed by atoms with Crippen molar-refractivity contribution in [2.45, 2.75) is 25.7 Å². The Morgan fingerprint density at radius 2 is 1.41 bits per heavy atom. The van der Waals surface area contributed by atoms with E-state index >= 15 is 0 Å². The molecule has 0 saturated carbocycles. The number of hydrogen-bond acceptors (Lipinski definition) is 8. The molecule has 0 radical (unpaired) electrons. The van der Waals surface area contributed by atoms with Crippen LogP contribution < -0.4 is 23.0 Å². The fourth-order valence-electron chi connectivity index (χ4n) is 1.85. The Morgan fingerprint density at radius 1 is 0.955 bits per heavy atom. The molecule has 0 heterocycles. The summed E-state index contributed by atoms with van der Waals surface area (Å²) in [6.45, 7) is 4.97. The first kappa shape index (κ1) is 24.2. The van der Waals surface area contributed by atoms with Gasteiger partial charge in [-0.15, -0.1) is 0 Å². The van der Waals surface area contributed by atoms with Gasteiger partial charge in [-0.3, -0.25) is 10.7 Å². The molecule has 8 N–H and O–H groups in total. The monoisotopic (exact) mass is 432 g/mol. The Balaban J connectivity index is 0. The maximum atomic E-state index is 11.3. The third kappa shape index (κ3) is 16.3. The first-order chi connectivity index (χ1) is 10.6. The van der Waals surface area contributed by atoms with Crippen molar-refractivity contribution in [2.75, 3.05) is 52.9 Å². The van der Waals surface area contributed by atoms with Gasteiger partial charge in [0.05, 0.1) is 6.54 Å². The molecule has 0 spiro atoms. The molecule has 0 saturated heterocycles. The minimum Gasteiger partial charge on any atom is -0.394 e. The first-order valence-corrected chi connectivity index (χ1v) is 8.53. The lowest BCUT2D eigenvalue weighted by molar-refractivity contribution is -0.132. The second-order valence-corrected chi connectivity index (χ2v) is 5.19. The average Bonchev–Trinajstić information content (AvgIpc) is 2.55. The molecule has 22 heavy (non-hydrogen) atoms. The molecule has 134 valence electrons. The molecule has 0 fully saturated rings. The van der Waals surface area contributed by atoms with Crippen LogP contribution in [0.1, 0.15) is 25.7 Å². The van der Waals surface area contributed by atoms with E-state index in [-0.39, 0.29) is 5.97 Å². The number of nitrogens with two attached hydrogens (primary N) is 4. The van der Waals surface area contributed by atoms with Crippen molar-refractivity contribution in [2.24, 2.45) is 23.0 Å². The highest BCUT2D eigenvalue weighted by atomic mass is 127. The topological polar surface area (TPSA) is 137 Å². The quantitative estimate of drug-likeness (QED) is 0.131. The van der Waals surface area contributed by atoms with Gasteiger partial charge < -0.3 is 20.3 Å². The molecule has 9 heteroatoms. The molecule has 0 aromatic rings. The molecule has 0 bridgehead atoms. The Hall–Kier alpha value is -0.0400. The maximum absolute atomic E-state index is 11.3. The number of hydrogen-bond donors (Lipinski definition) is 4. The fraction of sp³-hybridized carbons (Fsp3) is 0.923. The average molecular weight is 432 g/mol. The van der Waals surface area contributed by atoms with E-state index in [2.05, 4.69) is 13.7 Å². The van der Waals surface area contributed by atoms with Crippen molar-refractivity contribution in [3.05, 3.63) is 0 Å². The highest BCUT2D eigenvalue weighted by Gasteiger charge is 2.10. The molecule has 0 aliphatic carbocycles. The molecule has 0 aliphatic rings. The van der Waals surface area contributed by atoms with E-state index in [0.717, 1.165) is 51.9 Å². The number of rotatable bonds is 13. The van der Waals surface area contributed by atoms with Crippen molar-refractivity contribution < 1.29 is 7.86 Å². The molecule has 0 atom stereocenters. The van der Waals surface area contributed by atoms with E-state index in [1.165, 1.54) is 7.05 Å². The zero-order chi connectivity index (χ0) is 17.2. The largest absolute Gasteiger partial charge is 0.394 e. The lowest BCUT2D eigenvalue weighted by atomic mass is 10.2. The molecule has 0 aromatic carbocycles. The van der Waals surface area contributed by atoms with Gasteiger partial charge in [-0.05, 0) is 58.9 Å².